The van der Waals surface area contributed by atoms with Crippen LogP contribution in [0, 0.1) is 0 Å². The van der Waals surface area contributed by atoms with E-state index in [1.165, 1.54) is 24.3 Å². The molecule has 0 aliphatic rings. The minimum absolute atomic E-state index is 0.0229. The number of rotatable bonds is 9. The summed E-state index contributed by atoms with van der Waals surface area (Å²) in [4.78, 5) is 12.8. The lowest BCUT2D eigenvalue weighted by Crippen LogP contribution is -2.35. The Hall–Kier alpha value is -3.20. The Bertz CT molecular complexity index is 1060. The molecular weight excluding hydrogens is 402 g/mol. The van der Waals surface area contributed by atoms with E-state index in [4.69, 9.17) is 9.88 Å². The molecular formula is C22H23N3O4S. The predicted molar refractivity (Wildman–Crippen MR) is 116 cm³/mol. The average molecular weight is 426 g/mol. The molecule has 8 heteroatoms. The lowest BCUT2D eigenvalue weighted by molar-refractivity contribution is -0.118. The number of benzene rings is 3. The van der Waals surface area contributed by atoms with E-state index >= 15 is 0 Å². The first kappa shape index (κ1) is 21.5. The molecule has 1 amide bonds. The molecule has 0 aliphatic carbocycles. The van der Waals surface area contributed by atoms with E-state index < -0.39 is 16.1 Å². The molecule has 0 heterocycles. The average Bonchev–Trinajstić information content (AvgIpc) is 2.74. The largest absolute Gasteiger partial charge is 0.492 e. The number of para-hydroxylation sites is 1. The first-order valence-electron chi connectivity index (χ1n) is 9.33. The van der Waals surface area contributed by atoms with Gasteiger partial charge < -0.3 is 10.1 Å². The van der Waals surface area contributed by atoms with E-state index in [9.17, 15) is 13.2 Å². The normalized spacial score (nSPS) is 12.2. The van der Waals surface area contributed by atoms with Crippen LogP contribution in [0.3, 0.4) is 0 Å². The van der Waals surface area contributed by atoms with E-state index in [1.807, 2.05) is 60.7 Å². The van der Waals surface area contributed by atoms with Crippen LogP contribution in [0.4, 0.5) is 5.69 Å². The summed E-state index contributed by atoms with van der Waals surface area (Å²) in [5, 5.41) is 11.2. The van der Waals surface area contributed by atoms with Crippen LogP contribution in [-0.4, -0.2) is 27.5 Å². The van der Waals surface area contributed by atoms with E-state index in [1.54, 1.807) is 0 Å². The highest BCUT2D eigenvalue weighted by Gasteiger charge is 2.20. The van der Waals surface area contributed by atoms with Crippen molar-refractivity contribution in [2.75, 3.05) is 18.5 Å². The minimum atomic E-state index is -3.73. The van der Waals surface area contributed by atoms with Crippen LogP contribution in [0.1, 0.15) is 11.6 Å². The zero-order valence-corrected chi connectivity index (χ0v) is 17.0. The number of ether oxygens (including phenoxy) is 1. The molecule has 30 heavy (non-hydrogen) atoms. The zero-order chi connectivity index (χ0) is 21.4. The van der Waals surface area contributed by atoms with Gasteiger partial charge in [0.15, 0.2) is 0 Å². The predicted octanol–water partition coefficient (Wildman–Crippen LogP) is 2.68. The molecule has 0 saturated heterocycles. The molecule has 0 bridgehead atoms. The highest BCUT2D eigenvalue weighted by molar-refractivity contribution is 7.89. The van der Waals surface area contributed by atoms with Gasteiger partial charge in [0.25, 0.3) is 0 Å². The van der Waals surface area contributed by atoms with Crippen molar-refractivity contribution in [3.8, 4) is 5.75 Å². The molecule has 3 aromatic rings. The van der Waals surface area contributed by atoms with Gasteiger partial charge >= 0.3 is 0 Å². The van der Waals surface area contributed by atoms with Crippen LogP contribution in [0.2, 0.25) is 0 Å². The first-order chi connectivity index (χ1) is 14.4. The molecule has 1 atom stereocenters. The fourth-order valence-electron chi connectivity index (χ4n) is 2.84. The topological polar surface area (TPSA) is 111 Å². The van der Waals surface area contributed by atoms with Crippen molar-refractivity contribution in [3.05, 3.63) is 90.5 Å². The summed E-state index contributed by atoms with van der Waals surface area (Å²) in [6, 6.07) is 24.0. The number of carbonyl (C=O) groups excluding carboxylic acids is 1. The molecule has 156 valence electrons. The summed E-state index contributed by atoms with van der Waals surface area (Å²) < 4.78 is 28.2. The Morgan fingerprint density at radius 1 is 0.900 bits per heavy atom. The van der Waals surface area contributed by atoms with Crippen LogP contribution in [0.15, 0.2) is 89.8 Å². The molecule has 7 nitrogen and oxygen atoms in total. The number of primary sulfonamides is 1. The van der Waals surface area contributed by atoms with Gasteiger partial charge in [-0.25, -0.2) is 13.6 Å². The lowest BCUT2D eigenvalue weighted by atomic mass is 10.1. The maximum Gasteiger partial charge on any atom is 0.246 e. The van der Waals surface area contributed by atoms with Gasteiger partial charge in [-0.15, -0.1) is 0 Å². The number of hydrogen-bond acceptors (Lipinski definition) is 5. The first-order valence-corrected chi connectivity index (χ1v) is 10.9. The number of nitrogens with two attached hydrogens (primary N) is 1. The molecule has 1 unspecified atom stereocenters. The second-order valence-corrected chi connectivity index (χ2v) is 8.08. The highest BCUT2D eigenvalue weighted by atomic mass is 32.2. The summed E-state index contributed by atoms with van der Waals surface area (Å²) in [6.45, 7) is 0.690. The summed E-state index contributed by atoms with van der Waals surface area (Å²) in [6.07, 6.45) is 0. The summed E-state index contributed by atoms with van der Waals surface area (Å²) in [5.74, 6) is 0.333. The lowest BCUT2D eigenvalue weighted by Gasteiger charge is -2.19. The maximum atomic E-state index is 12.8. The van der Waals surface area contributed by atoms with Gasteiger partial charge in [-0.1, -0.05) is 48.5 Å². The Morgan fingerprint density at radius 2 is 1.50 bits per heavy atom. The number of anilines is 1. The van der Waals surface area contributed by atoms with Crippen molar-refractivity contribution in [1.82, 2.24) is 5.32 Å². The van der Waals surface area contributed by atoms with Crippen molar-refractivity contribution >= 4 is 21.6 Å². The monoisotopic (exact) mass is 425 g/mol. The van der Waals surface area contributed by atoms with Crippen LogP contribution in [0.5, 0.6) is 5.75 Å². The fourth-order valence-corrected chi connectivity index (χ4v) is 3.36. The summed E-state index contributed by atoms with van der Waals surface area (Å²) in [5.41, 5.74) is 1.56. The molecule has 0 aliphatic heterocycles. The zero-order valence-electron chi connectivity index (χ0n) is 16.2. The molecule has 3 aromatic carbocycles. The standard InChI is InChI=1S/C22H23N3O4S/c23-30(27,28)20-13-11-19(12-14-20)29-16-15-24-21(17-7-3-1-4-8-17)22(26)25-18-9-5-2-6-10-18/h1-14,21,24H,15-16H2,(H,25,26)(H2,23,27,28). The highest BCUT2D eigenvalue weighted by Crippen LogP contribution is 2.17. The summed E-state index contributed by atoms with van der Waals surface area (Å²) >= 11 is 0. The van der Waals surface area contributed by atoms with E-state index in [0.29, 0.717) is 12.3 Å². The van der Waals surface area contributed by atoms with Gasteiger partial charge in [0, 0.05) is 12.2 Å². The Labute approximate surface area is 175 Å². The van der Waals surface area contributed by atoms with Crippen LogP contribution >= 0.6 is 0 Å². The Balaban J connectivity index is 1.59. The number of nitrogens with one attached hydrogen (secondary N) is 2. The Morgan fingerprint density at radius 3 is 2.10 bits per heavy atom. The summed E-state index contributed by atoms with van der Waals surface area (Å²) in [7, 11) is -3.73. The quantitative estimate of drug-likeness (QED) is 0.457. The molecule has 0 radical (unpaired) electrons. The van der Waals surface area contributed by atoms with Crippen molar-refractivity contribution < 1.29 is 17.9 Å². The third-order valence-electron chi connectivity index (χ3n) is 4.31. The molecule has 0 aromatic heterocycles. The van der Waals surface area contributed by atoms with Crippen LogP contribution < -0.4 is 20.5 Å². The van der Waals surface area contributed by atoms with E-state index in [2.05, 4.69) is 10.6 Å². The molecule has 3 rings (SSSR count). The van der Waals surface area contributed by atoms with Gasteiger partial charge in [-0.05, 0) is 42.0 Å². The van der Waals surface area contributed by atoms with Crippen molar-refractivity contribution in [1.29, 1.82) is 0 Å². The van der Waals surface area contributed by atoms with Crippen molar-refractivity contribution in [3.63, 3.8) is 0 Å². The third kappa shape index (κ3) is 6.15. The molecule has 0 fully saturated rings. The minimum Gasteiger partial charge on any atom is -0.492 e. The SMILES string of the molecule is NS(=O)(=O)c1ccc(OCCNC(C(=O)Nc2ccccc2)c2ccccc2)cc1. The van der Waals surface area contributed by atoms with Gasteiger partial charge in [-0.3, -0.25) is 10.1 Å². The van der Waals surface area contributed by atoms with E-state index in [-0.39, 0.29) is 17.4 Å². The number of carbonyl (C=O) groups is 1. The van der Waals surface area contributed by atoms with Crippen molar-refractivity contribution in [2.45, 2.75) is 10.9 Å². The number of hydrogen-bond donors (Lipinski definition) is 3. The smallest absolute Gasteiger partial charge is 0.246 e. The Kier molecular flexibility index (Phi) is 7.18. The van der Waals surface area contributed by atoms with Gasteiger partial charge in [0.2, 0.25) is 15.9 Å². The van der Waals surface area contributed by atoms with Crippen LogP contribution in [-0.2, 0) is 14.8 Å². The maximum absolute atomic E-state index is 12.8. The third-order valence-corrected chi connectivity index (χ3v) is 5.24. The second-order valence-electron chi connectivity index (χ2n) is 6.52. The molecule has 0 spiro atoms. The van der Waals surface area contributed by atoms with Gasteiger partial charge in [-0.2, -0.15) is 0 Å². The van der Waals surface area contributed by atoms with Gasteiger partial charge in [0.1, 0.15) is 18.4 Å². The molecule has 4 N–H and O–H groups in total. The van der Waals surface area contributed by atoms with E-state index in [0.717, 1.165) is 11.3 Å². The fraction of sp³-hybridized carbons (Fsp3) is 0.136. The molecule has 0 saturated carbocycles. The second kappa shape index (κ2) is 10.0. The van der Waals surface area contributed by atoms with Crippen LogP contribution in [0.25, 0.3) is 0 Å². The van der Waals surface area contributed by atoms with Gasteiger partial charge in [0.05, 0.1) is 4.90 Å². The number of sulfonamides is 1. The number of amides is 1. The van der Waals surface area contributed by atoms with Crippen molar-refractivity contribution in [2.24, 2.45) is 5.14 Å².